The minimum Gasteiger partial charge on any atom is -0.387 e. The molecule has 1 aliphatic heterocycles. The standard InChI is InChI=1S/C19H17ClF5NO/c1-10-4-12-2-3-26(9-16(27)17(12)13(20)5-10)8-11-6-14(21)18(15(22)7-11)19(23,24)25/h4-7,16,27H,2-3,8-9H2,1H3. The fourth-order valence-corrected chi connectivity index (χ4v) is 3.92. The Morgan fingerprint density at radius 2 is 1.78 bits per heavy atom. The summed E-state index contributed by atoms with van der Waals surface area (Å²) in [6.07, 6.45) is -5.44. The third kappa shape index (κ3) is 4.25. The van der Waals surface area contributed by atoms with E-state index in [4.69, 9.17) is 11.6 Å². The predicted octanol–water partition coefficient (Wildman–Crippen LogP) is 5.04. The van der Waals surface area contributed by atoms with Crippen LogP contribution in [0.3, 0.4) is 0 Å². The smallest absolute Gasteiger partial charge is 0.387 e. The van der Waals surface area contributed by atoms with Crippen LogP contribution in [-0.2, 0) is 19.1 Å². The lowest BCUT2D eigenvalue weighted by Crippen LogP contribution is -2.28. The molecule has 0 radical (unpaired) electrons. The molecule has 27 heavy (non-hydrogen) atoms. The third-order valence-electron chi connectivity index (χ3n) is 4.61. The highest BCUT2D eigenvalue weighted by Crippen LogP contribution is 2.35. The number of benzene rings is 2. The van der Waals surface area contributed by atoms with Gasteiger partial charge in [-0.05, 0) is 48.2 Å². The number of β-amino-alcohol motifs (C(OH)–C–C–N with tert-alkyl or cyclic N) is 1. The van der Waals surface area contributed by atoms with Gasteiger partial charge in [0, 0.05) is 30.2 Å². The minimum atomic E-state index is -5.10. The first kappa shape index (κ1) is 20.0. The van der Waals surface area contributed by atoms with E-state index in [9.17, 15) is 27.1 Å². The van der Waals surface area contributed by atoms with Crippen molar-refractivity contribution >= 4 is 11.6 Å². The van der Waals surface area contributed by atoms with Crippen LogP contribution in [0.25, 0.3) is 0 Å². The van der Waals surface area contributed by atoms with Gasteiger partial charge in [-0.25, -0.2) is 8.78 Å². The maximum atomic E-state index is 13.8. The summed E-state index contributed by atoms with van der Waals surface area (Å²) in [6, 6.07) is 5.05. The summed E-state index contributed by atoms with van der Waals surface area (Å²) in [4.78, 5) is 1.73. The maximum absolute atomic E-state index is 13.8. The van der Waals surface area contributed by atoms with Gasteiger partial charge in [0.1, 0.15) is 17.2 Å². The van der Waals surface area contributed by atoms with E-state index in [0.29, 0.717) is 35.7 Å². The number of halogens is 6. The zero-order chi connectivity index (χ0) is 19.9. The van der Waals surface area contributed by atoms with Gasteiger partial charge in [-0.15, -0.1) is 0 Å². The molecular formula is C19H17ClF5NO. The number of aliphatic hydroxyl groups is 1. The molecule has 0 aromatic heterocycles. The van der Waals surface area contributed by atoms with Crippen LogP contribution in [0, 0.1) is 18.6 Å². The lowest BCUT2D eigenvalue weighted by atomic mass is 9.99. The van der Waals surface area contributed by atoms with Crippen molar-refractivity contribution in [1.82, 2.24) is 4.90 Å². The molecule has 1 heterocycles. The molecule has 1 N–H and O–H groups in total. The van der Waals surface area contributed by atoms with Gasteiger partial charge in [-0.1, -0.05) is 17.7 Å². The first-order chi connectivity index (χ1) is 12.6. The van der Waals surface area contributed by atoms with Crippen LogP contribution >= 0.6 is 11.6 Å². The Morgan fingerprint density at radius 1 is 1.15 bits per heavy atom. The van der Waals surface area contributed by atoms with E-state index >= 15 is 0 Å². The Balaban J connectivity index is 1.83. The Hall–Kier alpha value is -1.70. The molecule has 146 valence electrons. The summed E-state index contributed by atoms with van der Waals surface area (Å²) in [7, 11) is 0. The fourth-order valence-electron chi connectivity index (χ4n) is 3.50. The summed E-state index contributed by atoms with van der Waals surface area (Å²) >= 11 is 6.24. The van der Waals surface area contributed by atoms with Crippen molar-refractivity contribution in [2.24, 2.45) is 0 Å². The Kier molecular flexibility index (Phi) is 5.47. The Bertz CT molecular complexity index is 845. The summed E-state index contributed by atoms with van der Waals surface area (Å²) in [5.74, 6) is -3.29. The number of nitrogens with zero attached hydrogens (tertiary/aromatic N) is 1. The average Bonchev–Trinajstić information content (AvgIpc) is 2.64. The predicted molar refractivity (Wildman–Crippen MR) is 91.5 cm³/mol. The van der Waals surface area contributed by atoms with E-state index in [1.54, 1.807) is 11.0 Å². The monoisotopic (exact) mass is 405 g/mol. The van der Waals surface area contributed by atoms with Gasteiger partial charge < -0.3 is 5.11 Å². The lowest BCUT2D eigenvalue weighted by Gasteiger charge is -2.23. The van der Waals surface area contributed by atoms with E-state index in [1.165, 1.54) is 0 Å². The molecule has 2 aromatic carbocycles. The highest BCUT2D eigenvalue weighted by atomic mass is 35.5. The van der Waals surface area contributed by atoms with Crippen LogP contribution in [0.1, 0.15) is 33.9 Å². The number of alkyl halides is 3. The minimum absolute atomic E-state index is 0.00757. The van der Waals surface area contributed by atoms with E-state index < -0.39 is 29.5 Å². The van der Waals surface area contributed by atoms with Crippen molar-refractivity contribution in [3.63, 3.8) is 0 Å². The molecule has 0 fully saturated rings. The van der Waals surface area contributed by atoms with Crippen molar-refractivity contribution in [3.05, 3.63) is 68.7 Å². The number of aliphatic hydroxyl groups excluding tert-OH is 1. The van der Waals surface area contributed by atoms with Gasteiger partial charge in [0.05, 0.1) is 6.10 Å². The first-order valence-electron chi connectivity index (χ1n) is 8.30. The first-order valence-corrected chi connectivity index (χ1v) is 8.68. The largest absolute Gasteiger partial charge is 0.422 e. The van der Waals surface area contributed by atoms with E-state index in [2.05, 4.69) is 0 Å². The fraction of sp³-hybridized carbons (Fsp3) is 0.368. The van der Waals surface area contributed by atoms with E-state index in [0.717, 1.165) is 11.1 Å². The summed E-state index contributed by atoms with van der Waals surface area (Å²) < 4.78 is 65.6. The Labute approximate surface area is 158 Å². The number of rotatable bonds is 2. The molecule has 3 rings (SSSR count). The molecule has 0 bridgehead atoms. The Morgan fingerprint density at radius 3 is 2.37 bits per heavy atom. The molecular weight excluding hydrogens is 389 g/mol. The molecule has 0 saturated carbocycles. The van der Waals surface area contributed by atoms with Gasteiger partial charge in [-0.2, -0.15) is 13.2 Å². The maximum Gasteiger partial charge on any atom is 0.422 e. The second-order valence-electron chi connectivity index (χ2n) is 6.75. The van der Waals surface area contributed by atoms with Gasteiger partial charge in [-0.3, -0.25) is 4.90 Å². The normalized spacial score (nSPS) is 18.3. The van der Waals surface area contributed by atoms with Crippen molar-refractivity contribution in [2.45, 2.75) is 32.2 Å². The number of hydrogen-bond donors (Lipinski definition) is 1. The molecule has 0 aliphatic carbocycles. The molecule has 1 unspecified atom stereocenters. The quantitative estimate of drug-likeness (QED) is 0.708. The van der Waals surface area contributed by atoms with E-state index in [1.807, 2.05) is 13.0 Å². The highest BCUT2D eigenvalue weighted by molar-refractivity contribution is 6.31. The second-order valence-corrected chi connectivity index (χ2v) is 7.16. The number of aryl methyl sites for hydroxylation is 1. The van der Waals surface area contributed by atoms with Gasteiger partial charge in [0.15, 0.2) is 0 Å². The SMILES string of the molecule is Cc1cc(Cl)c2c(c1)CCN(Cc1cc(F)c(C(F)(F)F)c(F)c1)CC2O. The van der Waals surface area contributed by atoms with Crippen molar-refractivity contribution < 1.29 is 27.1 Å². The number of fused-ring (bicyclic) bond motifs is 1. The average molecular weight is 406 g/mol. The zero-order valence-electron chi connectivity index (χ0n) is 14.4. The van der Waals surface area contributed by atoms with Crippen molar-refractivity contribution in [2.75, 3.05) is 13.1 Å². The molecule has 2 aromatic rings. The molecule has 8 heteroatoms. The van der Waals surface area contributed by atoms with Gasteiger partial charge in [0.2, 0.25) is 0 Å². The van der Waals surface area contributed by atoms with Crippen LogP contribution in [0.2, 0.25) is 5.02 Å². The molecule has 2 nitrogen and oxygen atoms in total. The van der Waals surface area contributed by atoms with Crippen LogP contribution in [-0.4, -0.2) is 23.1 Å². The summed E-state index contributed by atoms with van der Waals surface area (Å²) in [6.45, 7) is 2.51. The zero-order valence-corrected chi connectivity index (χ0v) is 15.1. The topological polar surface area (TPSA) is 23.5 Å². The molecule has 0 spiro atoms. The molecule has 1 aliphatic rings. The van der Waals surface area contributed by atoms with Crippen LogP contribution in [0.5, 0.6) is 0 Å². The summed E-state index contributed by atoms with van der Waals surface area (Å²) in [5.41, 5.74) is 0.635. The van der Waals surface area contributed by atoms with Crippen LogP contribution < -0.4 is 0 Å². The van der Waals surface area contributed by atoms with Gasteiger partial charge >= 0.3 is 6.18 Å². The molecule has 0 amide bonds. The third-order valence-corrected chi connectivity index (χ3v) is 4.93. The van der Waals surface area contributed by atoms with Crippen LogP contribution in [0.4, 0.5) is 22.0 Å². The van der Waals surface area contributed by atoms with Crippen LogP contribution in [0.15, 0.2) is 24.3 Å². The van der Waals surface area contributed by atoms with Crippen molar-refractivity contribution in [3.8, 4) is 0 Å². The molecule has 0 saturated heterocycles. The molecule has 1 atom stereocenters. The van der Waals surface area contributed by atoms with Gasteiger partial charge in [0.25, 0.3) is 0 Å². The van der Waals surface area contributed by atoms with Crippen molar-refractivity contribution in [1.29, 1.82) is 0 Å². The van der Waals surface area contributed by atoms with E-state index in [-0.39, 0.29) is 18.7 Å². The summed E-state index contributed by atoms with van der Waals surface area (Å²) in [5, 5.41) is 10.9. The lowest BCUT2D eigenvalue weighted by molar-refractivity contribution is -0.142. The highest BCUT2D eigenvalue weighted by Gasteiger charge is 2.38. The second kappa shape index (κ2) is 7.37. The number of hydrogen-bond acceptors (Lipinski definition) is 2.